The minimum absolute atomic E-state index is 0.0374. The van der Waals surface area contributed by atoms with E-state index in [0.717, 1.165) is 30.0 Å². The summed E-state index contributed by atoms with van der Waals surface area (Å²) < 4.78 is 5.51. The van der Waals surface area contributed by atoms with Gasteiger partial charge in [0.15, 0.2) is 6.04 Å². The first kappa shape index (κ1) is 18.8. The normalized spacial score (nSPS) is 33.5. The van der Waals surface area contributed by atoms with Crippen molar-refractivity contribution in [1.29, 1.82) is 0 Å². The van der Waals surface area contributed by atoms with Crippen molar-refractivity contribution in [3.63, 3.8) is 0 Å². The van der Waals surface area contributed by atoms with Gasteiger partial charge in [0.05, 0.1) is 13.7 Å². The van der Waals surface area contributed by atoms with Gasteiger partial charge in [-0.15, -0.1) is 0 Å². The van der Waals surface area contributed by atoms with Crippen LogP contribution in [0.2, 0.25) is 0 Å². The van der Waals surface area contributed by atoms with Gasteiger partial charge in [-0.05, 0) is 94.4 Å². The van der Waals surface area contributed by atoms with Crippen LogP contribution in [-0.2, 0) is 11.3 Å². The van der Waals surface area contributed by atoms with Crippen molar-refractivity contribution in [3.8, 4) is 5.75 Å². The van der Waals surface area contributed by atoms with Crippen molar-refractivity contribution in [2.45, 2.75) is 70.5 Å². The summed E-state index contributed by atoms with van der Waals surface area (Å²) in [5, 5.41) is 3.54. The molecule has 4 bridgehead atoms. The number of carbonyl (C=O) groups is 1. The van der Waals surface area contributed by atoms with Crippen LogP contribution in [0.25, 0.3) is 0 Å². The van der Waals surface area contributed by atoms with Gasteiger partial charge < -0.3 is 15.0 Å². The second kappa shape index (κ2) is 7.46. The number of quaternary nitrogens is 1. The maximum Gasteiger partial charge on any atom is 0.278 e. The molecule has 1 aromatic carbocycles. The number of amides is 1. The van der Waals surface area contributed by atoms with E-state index in [0.29, 0.717) is 6.61 Å². The molecule has 27 heavy (non-hydrogen) atoms. The van der Waals surface area contributed by atoms with Gasteiger partial charge in [0, 0.05) is 11.1 Å². The highest BCUT2D eigenvalue weighted by Crippen LogP contribution is 2.55. The van der Waals surface area contributed by atoms with Crippen LogP contribution in [0.15, 0.2) is 24.3 Å². The first-order chi connectivity index (χ1) is 13.0. The topological polar surface area (TPSA) is 42.8 Å². The Balaban J connectivity index is 1.34. The number of nitrogens with one attached hydrogen (secondary N) is 2. The maximum absolute atomic E-state index is 13.0. The highest BCUT2D eigenvalue weighted by molar-refractivity contribution is 5.80. The maximum atomic E-state index is 13.0. The monoisotopic (exact) mass is 371 g/mol. The Morgan fingerprint density at radius 3 is 2.22 bits per heavy atom. The van der Waals surface area contributed by atoms with E-state index >= 15 is 0 Å². The fraction of sp³-hybridized carbons (Fsp3) is 0.696. The van der Waals surface area contributed by atoms with E-state index in [1.807, 2.05) is 19.1 Å². The molecule has 0 aromatic heterocycles. The lowest BCUT2D eigenvalue weighted by Gasteiger charge is -2.57. The number of carbonyl (C=O) groups excluding carboxylic acids is 1. The molecule has 2 atom stereocenters. The van der Waals surface area contributed by atoms with Crippen LogP contribution in [0.3, 0.4) is 0 Å². The lowest BCUT2D eigenvalue weighted by Crippen LogP contribution is -3.12. The van der Waals surface area contributed by atoms with Crippen molar-refractivity contribution in [3.05, 3.63) is 29.8 Å². The van der Waals surface area contributed by atoms with Crippen molar-refractivity contribution in [2.24, 2.45) is 17.8 Å². The van der Waals surface area contributed by atoms with E-state index in [2.05, 4.69) is 31.4 Å². The third-order valence-electron chi connectivity index (χ3n) is 7.28. The largest absolute Gasteiger partial charge is 0.494 e. The van der Waals surface area contributed by atoms with Gasteiger partial charge in [0.25, 0.3) is 5.91 Å². The van der Waals surface area contributed by atoms with E-state index in [9.17, 15) is 4.79 Å². The summed E-state index contributed by atoms with van der Waals surface area (Å²) in [5.74, 6) is 3.73. The van der Waals surface area contributed by atoms with Gasteiger partial charge in [-0.1, -0.05) is 0 Å². The Labute approximate surface area is 163 Å². The number of hydrogen-bond donors (Lipinski definition) is 2. The Morgan fingerprint density at radius 1 is 1.15 bits per heavy atom. The second-order valence-electron chi connectivity index (χ2n) is 9.51. The molecule has 4 nitrogen and oxygen atoms in total. The highest BCUT2D eigenvalue weighted by Gasteiger charge is 2.52. The molecule has 0 radical (unpaired) electrons. The third kappa shape index (κ3) is 4.01. The summed E-state index contributed by atoms with van der Waals surface area (Å²) in [6.07, 6.45) is 7.88. The van der Waals surface area contributed by atoms with Crippen LogP contribution in [0.1, 0.15) is 57.9 Å². The molecule has 4 fully saturated rings. The quantitative estimate of drug-likeness (QED) is 0.774. The summed E-state index contributed by atoms with van der Waals surface area (Å²) in [7, 11) is 2.13. The molecule has 4 aliphatic rings. The molecule has 0 heterocycles. The molecule has 0 saturated heterocycles. The average molecular weight is 372 g/mol. The molecule has 148 valence electrons. The predicted octanol–water partition coefficient (Wildman–Crippen LogP) is 2.57. The summed E-state index contributed by atoms with van der Waals surface area (Å²) in [6, 6.07) is 8.22. The van der Waals surface area contributed by atoms with Gasteiger partial charge in [0.1, 0.15) is 12.3 Å². The lowest BCUT2D eigenvalue weighted by molar-refractivity contribution is -0.908. The summed E-state index contributed by atoms with van der Waals surface area (Å²) in [5.41, 5.74) is 1.35. The van der Waals surface area contributed by atoms with E-state index < -0.39 is 0 Å². The Hall–Kier alpha value is -1.55. The standard InChI is InChI=1S/C23H34N2O2/c1-4-27-21-7-5-17(6-8-21)15-25(3)16(2)22(26)24-23-12-18-9-19(13-23)11-20(10-18)14-23/h5-8,16,18-20H,4,9-15H2,1-3H3,(H,24,26)/p+1/t16-,18?,19?,20?,23?/m0/s1. The molecule has 4 aliphatic carbocycles. The number of rotatable bonds is 7. The summed E-state index contributed by atoms with van der Waals surface area (Å²) >= 11 is 0. The van der Waals surface area contributed by atoms with Crippen LogP contribution in [-0.4, -0.2) is 31.1 Å². The number of likely N-dealkylation sites (N-methyl/N-ethyl adjacent to an activating group) is 1. The molecule has 4 heteroatoms. The summed E-state index contributed by atoms with van der Waals surface area (Å²) in [4.78, 5) is 14.3. The fourth-order valence-electron chi connectivity index (χ4n) is 6.20. The predicted molar refractivity (Wildman–Crippen MR) is 107 cm³/mol. The number of ether oxygens (including phenoxy) is 1. The van der Waals surface area contributed by atoms with Gasteiger partial charge in [-0.2, -0.15) is 0 Å². The molecule has 0 aliphatic heterocycles. The van der Waals surface area contributed by atoms with Crippen molar-refractivity contribution < 1.29 is 14.4 Å². The molecule has 5 rings (SSSR count). The Bertz CT molecular complexity index is 634. The molecule has 1 aromatic rings. The smallest absolute Gasteiger partial charge is 0.278 e. The van der Waals surface area contributed by atoms with Gasteiger partial charge in [-0.25, -0.2) is 0 Å². The fourth-order valence-corrected chi connectivity index (χ4v) is 6.20. The molecule has 2 N–H and O–H groups in total. The minimum Gasteiger partial charge on any atom is -0.494 e. The van der Waals surface area contributed by atoms with E-state index in [4.69, 9.17) is 4.74 Å². The Morgan fingerprint density at radius 2 is 1.70 bits per heavy atom. The van der Waals surface area contributed by atoms with Gasteiger partial charge >= 0.3 is 0 Å². The third-order valence-corrected chi connectivity index (χ3v) is 7.28. The Kier molecular flexibility index (Phi) is 5.19. The number of hydrogen-bond acceptors (Lipinski definition) is 2. The van der Waals surface area contributed by atoms with E-state index in [-0.39, 0.29) is 17.5 Å². The van der Waals surface area contributed by atoms with Crippen LogP contribution >= 0.6 is 0 Å². The first-order valence-corrected chi connectivity index (χ1v) is 10.8. The molecule has 1 unspecified atom stereocenters. The highest BCUT2D eigenvalue weighted by atomic mass is 16.5. The molecule has 1 amide bonds. The van der Waals surface area contributed by atoms with Crippen molar-refractivity contribution >= 4 is 5.91 Å². The number of benzene rings is 1. The van der Waals surface area contributed by atoms with Crippen LogP contribution in [0, 0.1) is 17.8 Å². The van der Waals surface area contributed by atoms with Crippen LogP contribution in [0.4, 0.5) is 0 Å². The SMILES string of the molecule is CCOc1ccc(C[NH+](C)[C@@H](C)C(=O)NC23CC4CC(CC(C4)C2)C3)cc1. The van der Waals surface area contributed by atoms with Crippen molar-refractivity contribution in [2.75, 3.05) is 13.7 Å². The molecule has 0 spiro atoms. The second-order valence-corrected chi connectivity index (χ2v) is 9.51. The zero-order valence-electron chi connectivity index (χ0n) is 17.1. The summed E-state index contributed by atoms with van der Waals surface area (Å²) in [6.45, 7) is 5.60. The van der Waals surface area contributed by atoms with Gasteiger partial charge in [0.2, 0.25) is 0 Å². The van der Waals surface area contributed by atoms with E-state index in [1.54, 1.807) is 0 Å². The zero-order valence-corrected chi connectivity index (χ0v) is 17.1. The molecule has 4 saturated carbocycles. The van der Waals surface area contributed by atoms with Gasteiger partial charge in [-0.3, -0.25) is 4.79 Å². The van der Waals surface area contributed by atoms with Crippen LogP contribution in [0.5, 0.6) is 5.75 Å². The molecular weight excluding hydrogens is 336 g/mol. The molecular formula is C23H35N2O2+. The first-order valence-electron chi connectivity index (χ1n) is 10.8. The van der Waals surface area contributed by atoms with E-state index in [1.165, 1.54) is 49.0 Å². The lowest BCUT2D eigenvalue weighted by atomic mass is 9.53. The minimum atomic E-state index is -0.0374. The average Bonchev–Trinajstić information content (AvgIpc) is 2.61. The van der Waals surface area contributed by atoms with Crippen molar-refractivity contribution in [1.82, 2.24) is 5.32 Å². The zero-order chi connectivity index (χ0) is 19.0. The van der Waals surface area contributed by atoms with Crippen LogP contribution < -0.4 is 15.0 Å².